The third-order valence-electron chi connectivity index (χ3n) is 5.69. The molecule has 2 amide bonds. The van der Waals surface area contributed by atoms with Gasteiger partial charge < -0.3 is 30.2 Å². The van der Waals surface area contributed by atoms with Crippen molar-refractivity contribution in [2.45, 2.75) is 13.5 Å². The van der Waals surface area contributed by atoms with E-state index in [9.17, 15) is 19.5 Å². The largest absolute Gasteiger partial charge is 0.501 e. The van der Waals surface area contributed by atoms with Crippen molar-refractivity contribution in [3.63, 3.8) is 0 Å². The molecule has 2 aromatic heterocycles. The minimum Gasteiger partial charge on any atom is -0.501 e. The number of aromatic nitrogens is 3. The van der Waals surface area contributed by atoms with Crippen molar-refractivity contribution in [2.75, 3.05) is 19.5 Å². The maximum atomic E-state index is 13.0. The number of hydrogen-bond acceptors (Lipinski definition) is 8. The molecule has 11 heteroatoms. The van der Waals surface area contributed by atoms with E-state index in [0.29, 0.717) is 33.9 Å². The molecular formula is C27H25N5O6. The zero-order valence-electron chi connectivity index (χ0n) is 20.9. The van der Waals surface area contributed by atoms with Gasteiger partial charge in [0.05, 0.1) is 19.9 Å². The molecule has 4 N–H and O–H groups in total. The van der Waals surface area contributed by atoms with Crippen LogP contribution < -0.4 is 25.7 Å². The average Bonchev–Trinajstić information content (AvgIpc) is 2.93. The van der Waals surface area contributed by atoms with Gasteiger partial charge in [0.15, 0.2) is 17.2 Å². The van der Waals surface area contributed by atoms with Crippen LogP contribution in [0.1, 0.15) is 32.1 Å². The predicted molar refractivity (Wildman–Crippen MR) is 140 cm³/mol. The zero-order valence-corrected chi connectivity index (χ0v) is 20.9. The lowest BCUT2D eigenvalue weighted by Gasteiger charge is -2.15. The van der Waals surface area contributed by atoms with Crippen molar-refractivity contribution < 1.29 is 24.2 Å². The number of amides is 2. The average molecular weight is 516 g/mol. The van der Waals surface area contributed by atoms with Crippen LogP contribution in [-0.4, -0.2) is 46.1 Å². The Kier molecular flexibility index (Phi) is 7.66. The van der Waals surface area contributed by atoms with Gasteiger partial charge in [0.2, 0.25) is 5.75 Å². The number of carbonyl (C=O) groups is 2. The van der Waals surface area contributed by atoms with Crippen molar-refractivity contribution in [3.05, 3.63) is 93.7 Å². The standard InChI is InChI=1S/C27H25N5O6/c1-15-8-6-11-17(30-25(34)18-10-4-5-13-28-18)20(15)24-31-21(22(33)27(36)32-24)26(35)29-14-16-9-7-12-19(37-2)23(16)38-3/h4-13,33H,14H2,1-3H3,(H,29,35)(H,30,34)(H,31,32,36). The fourth-order valence-corrected chi connectivity index (χ4v) is 3.87. The fourth-order valence-electron chi connectivity index (χ4n) is 3.87. The SMILES string of the molecule is COc1cccc(CNC(=O)c2nc(-c3c(C)cccc3NC(=O)c3ccccn3)[nH]c(=O)c2O)c1OC. The van der Waals surface area contributed by atoms with E-state index in [1.165, 1.54) is 20.4 Å². The molecule has 0 radical (unpaired) electrons. The van der Waals surface area contributed by atoms with Crippen LogP contribution in [0.5, 0.6) is 17.2 Å². The molecule has 2 heterocycles. The van der Waals surface area contributed by atoms with Crippen LogP contribution in [0, 0.1) is 6.92 Å². The number of nitrogens with one attached hydrogen (secondary N) is 3. The maximum Gasteiger partial charge on any atom is 0.294 e. The molecule has 4 aromatic rings. The van der Waals surface area contributed by atoms with E-state index in [-0.39, 0.29) is 18.1 Å². The number of nitrogens with zero attached hydrogens (tertiary/aromatic N) is 2. The second kappa shape index (κ2) is 11.2. The lowest BCUT2D eigenvalue weighted by atomic mass is 10.1. The lowest BCUT2D eigenvalue weighted by Crippen LogP contribution is -2.27. The van der Waals surface area contributed by atoms with E-state index in [0.717, 1.165) is 0 Å². The number of pyridine rings is 1. The van der Waals surface area contributed by atoms with Crippen molar-refractivity contribution in [2.24, 2.45) is 0 Å². The summed E-state index contributed by atoms with van der Waals surface area (Å²) in [6, 6.07) is 15.2. The van der Waals surface area contributed by atoms with Gasteiger partial charge in [-0.2, -0.15) is 0 Å². The molecule has 4 rings (SSSR count). The Hall–Kier alpha value is -5.19. The Morgan fingerprint density at radius 2 is 1.79 bits per heavy atom. The normalized spacial score (nSPS) is 10.5. The molecule has 194 valence electrons. The van der Waals surface area contributed by atoms with Gasteiger partial charge in [-0.15, -0.1) is 0 Å². The minimum absolute atomic E-state index is 0.00803. The first kappa shape index (κ1) is 25.9. The van der Waals surface area contributed by atoms with Gasteiger partial charge >= 0.3 is 0 Å². The number of aryl methyl sites for hydroxylation is 1. The van der Waals surface area contributed by atoms with Crippen LogP contribution in [0.25, 0.3) is 11.4 Å². The van der Waals surface area contributed by atoms with E-state index in [2.05, 4.69) is 25.6 Å². The molecule has 0 saturated carbocycles. The summed E-state index contributed by atoms with van der Waals surface area (Å²) >= 11 is 0. The van der Waals surface area contributed by atoms with Gasteiger partial charge in [-0.05, 0) is 36.8 Å². The van der Waals surface area contributed by atoms with Crippen LogP contribution in [0.15, 0.2) is 65.6 Å². The first-order valence-electron chi connectivity index (χ1n) is 11.5. The molecule has 0 aliphatic carbocycles. The monoisotopic (exact) mass is 515 g/mol. The first-order valence-corrected chi connectivity index (χ1v) is 11.5. The number of benzene rings is 2. The van der Waals surface area contributed by atoms with Gasteiger partial charge in [0, 0.05) is 23.9 Å². The Bertz CT molecular complexity index is 1550. The molecule has 2 aromatic carbocycles. The molecule has 11 nitrogen and oxygen atoms in total. The van der Waals surface area contributed by atoms with Gasteiger partial charge in [-0.1, -0.05) is 30.3 Å². The number of para-hydroxylation sites is 1. The van der Waals surface area contributed by atoms with E-state index >= 15 is 0 Å². The molecular weight excluding hydrogens is 490 g/mol. The van der Waals surface area contributed by atoms with Gasteiger partial charge in [0.1, 0.15) is 11.5 Å². The van der Waals surface area contributed by atoms with E-state index < -0.39 is 28.8 Å². The molecule has 0 unspecified atom stereocenters. The third-order valence-corrected chi connectivity index (χ3v) is 5.69. The molecule has 38 heavy (non-hydrogen) atoms. The van der Waals surface area contributed by atoms with Crippen LogP contribution >= 0.6 is 0 Å². The summed E-state index contributed by atoms with van der Waals surface area (Å²) < 4.78 is 10.7. The highest BCUT2D eigenvalue weighted by atomic mass is 16.5. The molecule has 0 bridgehead atoms. The van der Waals surface area contributed by atoms with Crippen LogP contribution in [0.3, 0.4) is 0 Å². The molecule has 0 fully saturated rings. The molecule has 0 aliphatic heterocycles. The maximum absolute atomic E-state index is 13.0. The highest BCUT2D eigenvalue weighted by Crippen LogP contribution is 2.31. The highest BCUT2D eigenvalue weighted by Gasteiger charge is 2.22. The van der Waals surface area contributed by atoms with E-state index in [1.54, 1.807) is 61.5 Å². The number of H-pyrrole nitrogens is 1. The van der Waals surface area contributed by atoms with Gasteiger partial charge in [-0.25, -0.2) is 4.98 Å². The Balaban J connectivity index is 1.67. The number of hydrogen-bond donors (Lipinski definition) is 4. The number of aromatic amines is 1. The number of anilines is 1. The van der Waals surface area contributed by atoms with Crippen LogP contribution in [0.4, 0.5) is 5.69 Å². The van der Waals surface area contributed by atoms with Crippen LogP contribution in [-0.2, 0) is 6.54 Å². The molecule has 0 aliphatic rings. The number of carbonyl (C=O) groups excluding carboxylic acids is 2. The van der Waals surface area contributed by atoms with Gasteiger partial charge in [0.25, 0.3) is 17.4 Å². The summed E-state index contributed by atoms with van der Waals surface area (Å²) in [5.41, 5.74) is 0.785. The molecule has 0 saturated heterocycles. The summed E-state index contributed by atoms with van der Waals surface area (Å²) in [6.45, 7) is 1.77. The minimum atomic E-state index is -0.913. The second-order valence-electron chi connectivity index (χ2n) is 8.11. The lowest BCUT2D eigenvalue weighted by molar-refractivity contribution is 0.0941. The zero-order chi connectivity index (χ0) is 27.2. The Labute approximate surface area is 217 Å². The third kappa shape index (κ3) is 5.31. The van der Waals surface area contributed by atoms with Crippen molar-refractivity contribution in [3.8, 4) is 28.6 Å². The smallest absolute Gasteiger partial charge is 0.294 e. The number of methoxy groups -OCH3 is 2. The summed E-state index contributed by atoms with van der Waals surface area (Å²) in [7, 11) is 2.98. The van der Waals surface area contributed by atoms with Gasteiger partial charge in [-0.3, -0.25) is 19.4 Å². The van der Waals surface area contributed by atoms with E-state index in [4.69, 9.17) is 9.47 Å². The van der Waals surface area contributed by atoms with E-state index in [1.807, 2.05) is 0 Å². The van der Waals surface area contributed by atoms with Crippen molar-refractivity contribution in [1.82, 2.24) is 20.3 Å². The number of aromatic hydroxyl groups is 1. The summed E-state index contributed by atoms with van der Waals surface area (Å²) in [5.74, 6) is -1.18. The fraction of sp³-hybridized carbons (Fsp3) is 0.148. The predicted octanol–water partition coefficient (Wildman–Crippen LogP) is 3.05. The Morgan fingerprint density at radius 3 is 2.50 bits per heavy atom. The quantitative estimate of drug-likeness (QED) is 0.279. The van der Waals surface area contributed by atoms with Crippen molar-refractivity contribution >= 4 is 17.5 Å². The summed E-state index contributed by atoms with van der Waals surface area (Å²) in [5, 5.41) is 15.8. The van der Waals surface area contributed by atoms with Crippen molar-refractivity contribution in [1.29, 1.82) is 0 Å². The van der Waals surface area contributed by atoms with Crippen LogP contribution in [0.2, 0.25) is 0 Å². The highest BCUT2D eigenvalue weighted by molar-refractivity contribution is 6.05. The Morgan fingerprint density at radius 1 is 1.00 bits per heavy atom. The summed E-state index contributed by atoms with van der Waals surface area (Å²) in [4.78, 5) is 49.1. The molecule has 0 spiro atoms. The number of rotatable bonds is 8. The number of ether oxygens (including phenoxy) is 2. The second-order valence-corrected chi connectivity index (χ2v) is 8.11. The summed E-state index contributed by atoms with van der Waals surface area (Å²) in [6.07, 6.45) is 1.50. The molecule has 0 atom stereocenters. The topological polar surface area (TPSA) is 156 Å². The first-order chi connectivity index (χ1) is 18.3.